The van der Waals surface area contributed by atoms with Crippen LogP contribution in [0.15, 0.2) is 79.0 Å². The molecule has 1 saturated heterocycles. The average molecular weight is 570 g/mol. The molecule has 2 amide bonds. The van der Waals surface area contributed by atoms with Crippen LogP contribution in [0.5, 0.6) is 0 Å². The monoisotopic (exact) mass is 569 g/mol. The molecule has 0 radical (unpaired) electrons. The summed E-state index contributed by atoms with van der Waals surface area (Å²) < 4.78 is 0. The summed E-state index contributed by atoms with van der Waals surface area (Å²) in [6.07, 6.45) is 1.75. The lowest BCUT2D eigenvalue weighted by molar-refractivity contribution is 0.0664. The van der Waals surface area contributed by atoms with Gasteiger partial charge < -0.3 is 25.8 Å². The van der Waals surface area contributed by atoms with Crippen molar-refractivity contribution in [2.45, 2.75) is 6.92 Å². The second-order valence-corrected chi connectivity index (χ2v) is 11.1. The second kappa shape index (κ2) is 10.5. The molecule has 214 valence electrons. The number of piperazine rings is 1. The van der Waals surface area contributed by atoms with Gasteiger partial charge in [-0.25, -0.2) is 0 Å². The SMILES string of the molecule is Cc1c(Nc2nncc3ccccc23)cccc1-c1ccc(C(N)=O)c2[nH]c3cc(C(=O)N4CCN(C)CC4)ccc3c12. The van der Waals surface area contributed by atoms with Crippen molar-refractivity contribution in [1.29, 1.82) is 0 Å². The van der Waals surface area contributed by atoms with Gasteiger partial charge in [-0.05, 0) is 54.9 Å². The number of nitrogens with one attached hydrogen (secondary N) is 2. The number of benzene rings is 4. The average Bonchev–Trinajstić information content (AvgIpc) is 3.41. The molecule has 0 unspecified atom stereocenters. The lowest BCUT2D eigenvalue weighted by atomic mass is 9.93. The van der Waals surface area contributed by atoms with E-state index in [-0.39, 0.29) is 5.91 Å². The fourth-order valence-electron chi connectivity index (χ4n) is 6.08. The molecule has 1 aliphatic heterocycles. The quantitative estimate of drug-likeness (QED) is 0.253. The summed E-state index contributed by atoms with van der Waals surface area (Å²) in [5.74, 6) is 0.172. The zero-order valence-corrected chi connectivity index (χ0v) is 24.0. The lowest BCUT2D eigenvalue weighted by Crippen LogP contribution is -2.47. The highest BCUT2D eigenvalue weighted by molar-refractivity contribution is 6.20. The van der Waals surface area contributed by atoms with Crippen LogP contribution in [0.4, 0.5) is 11.5 Å². The molecule has 2 aromatic heterocycles. The molecule has 6 aromatic rings. The standard InChI is InChI=1S/C34H31N7O2/c1-20-23(8-5-9-28(20)38-33-24-7-4-3-6-22(24)19-36-39-33)25-12-13-27(32(35)42)31-30(25)26-11-10-21(18-29(26)37-31)34(43)41-16-14-40(2)15-17-41/h3-13,18-19,37H,14-17H2,1-2H3,(H2,35,42)(H,38,39). The van der Waals surface area contributed by atoms with E-state index in [2.05, 4.69) is 45.4 Å². The maximum atomic E-state index is 13.3. The molecular weight excluding hydrogens is 538 g/mol. The third-order valence-corrected chi connectivity index (χ3v) is 8.50. The Hall–Kier alpha value is -5.28. The predicted molar refractivity (Wildman–Crippen MR) is 171 cm³/mol. The first kappa shape index (κ1) is 26.6. The number of amides is 2. The van der Waals surface area contributed by atoms with Crippen LogP contribution in [-0.2, 0) is 0 Å². The van der Waals surface area contributed by atoms with Crippen LogP contribution in [0.1, 0.15) is 26.3 Å². The van der Waals surface area contributed by atoms with Crippen LogP contribution in [0, 0.1) is 6.92 Å². The summed E-state index contributed by atoms with van der Waals surface area (Å²) in [5.41, 5.74) is 12.1. The number of H-pyrrole nitrogens is 1. The molecule has 4 N–H and O–H groups in total. The number of nitrogens with zero attached hydrogens (tertiary/aromatic N) is 4. The Morgan fingerprint density at radius 1 is 0.907 bits per heavy atom. The molecule has 7 rings (SSSR count). The number of carbonyl (C=O) groups excluding carboxylic acids is 2. The van der Waals surface area contributed by atoms with Crippen LogP contribution in [0.25, 0.3) is 43.7 Å². The van der Waals surface area contributed by atoms with E-state index in [4.69, 9.17) is 5.73 Å². The zero-order chi connectivity index (χ0) is 29.7. The molecule has 1 fully saturated rings. The molecular formula is C34H31N7O2. The van der Waals surface area contributed by atoms with Gasteiger partial charge in [-0.3, -0.25) is 9.59 Å². The van der Waals surface area contributed by atoms with Crippen LogP contribution in [0.3, 0.4) is 0 Å². The van der Waals surface area contributed by atoms with Gasteiger partial charge in [0.2, 0.25) is 0 Å². The topological polar surface area (TPSA) is 120 Å². The highest BCUT2D eigenvalue weighted by Gasteiger charge is 2.23. The summed E-state index contributed by atoms with van der Waals surface area (Å²) in [6.45, 7) is 5.16. The van der Waals surface area contributed by atoms with E-state index in [1.54, 1.807) is 12.3 Å². The number of primary amides is 1. The zero-order valence-electron chi connectivity index (χ0n) is 24.0. The first-order chi connectivity index (χ1) is 20.9. The van der Waals surface area contributed by atoms with E-state index >= 15 is 0 Å². The van der Waals surface area contributed by atoms with E-state index in [1.807, 2.05) is 65.6 Å². The molecule has 43 heavy (non-hydrogen) atoms. The van der Waals surface area contributed by atoms with E-state index in [9.17, 15) is 9.59 Å². The van der Waals surface area contributed by atoms with Crippen molar-refractivity contribution in [3.63, 3.8) is 0 Å². The summed E-state index contributed by atoms with van der Waals surface area (Å²) in [7, 11) is 2.07. The van der Waals surface area contributed by atoms with E-state index in [1.165, 1.54) is 0 Å². The van der Waals surface area contributed by atoms with E-state index in [0.29, 0.717) is 35.6 Å². The fourth-order valence-corrected chi connectivity index (χ4v) is 6.08. The van der Waals surface area contributed by atoms with Gasteiger partial charge in [-0.2, -0.15) is 5.10 Å². The summed E-state index contributed by atoms with van der Waals surface area (Å²) in [6, 6.07) is 23.5. The van der Waals surface area contributed by atoms with Crippen molar-refractivity contribution in [3.8, 4) is 11.1 Å². The number of rotatable bonds is 5. The van der Waals surface area contributed by atoms with Crippen LogP contribution >= 0.6 is 0 Å². The van der Waals surface area contributed by atoms with Gasteiger partial charge in [-0.15, -0.1) is 5.10 Å². The number of anilines is 2. The Balaban J connectivity index is 1.34. The molecule has 0 spiro atoms. The molecule has 3 heterocycles. The minimum absolute atomic E-state index is 0.00941. The lowest BCUT2D eigenvalue weighted by Gasteiger charge is -2.32. The van der Waals surface area contributed by atoms with Gasteiger partial charge in [-0.1, -0.05) is 48.5 Å². The van der Waals surface area contributed by atoms with Crippen molar-refractivity contribution >= 4 is 55.9 Å². The smallest absolute Gasteiger partial charge is 0.254 e. The molecule has 0 saturated carbocycles. The highest BCUT2D eigenvalue weighted by atomic mass is 16.2. The van der Waals surface area contributed by atoms with E-state index in [0.717, 1.165) is 62.5 Å². The largest absolute Gasteiger partial charge is 0.366 e. The Kier molecular flexibility index (Phi) is 6.51. The molecule has 4 aromatic carbocycles. The number of hydrogen-bond donors (Lipinski definition) is 3. The van der Waals surface area contributed by atoms with Crippen molar-refractivity contribution in [2.75, 3.05) is 38.5 Å². The molecule has 0 aliphatic carbocycles. The summed E-state index contributed by atoms with van der Waals surface area (Å²) in [5, 5.41) is 15.8. The molecule has 9 nitrogen and oxygen atoms in total. The van der Waals surface area contributed by atoms with Crippen molar-refractivity contribution in [3.05, 3.63) is 95.7 Å². The normalized spacial score (nSPS) is 14.0. The van der Waals surface area contributed by atoms with Crippen molar-refractivity contribution in [1.82, 2.24) is 25.0 Å². The van der Waals surface area contributed by atoms with E-state index < -0.39 is 5.91 Å². The second-order valence-electron chi connectivity index (χ2n) is 11.1. The number of carbonyl (C=O) groups is 2. The predicted octanol–water partition coefficient (Wildman–Crippen LogP) is 5.47. The maximum Gasteiger partial charge on any atom is 0.254 e. The Morgan fingerprint density at radius 3 is 2.53 bits per heavy atom. The molecule has 1 aliphatic rings. The fraction of sp³-hybridized carbons (Fsp3) is 0.176. The van der Waals surface area contributed by atoms with Gasteiger partial charge in [0.1, 0.15) is 0 Å². The minimum Gasteiger partial charge on any atom is -0.366 e. The number of nitrogens with two attached hydrogens (primary N) is 1. The van der Waals surface area contributed by atoms with Crippen LogP contribution in [-0.4, -0.2) is 70.0 Å². The maximum absolute atomic E-state index is 13.3. The Labute approximate surface area is 248 Å². The third kappa shape index (κ3) is 4.64. The van der Waals surface area contributed by atoms with Gasteiger partial charge in [0.15, 0.2) is 5.82 Å². The minimum atomic E-state index is -0.515. The third-order valence-electron chi connectivity index (χ3n) is 8.50. The number of hydrogen-bond acceptors (Lipinski definition) is 6. The molecule has 0 atom stereocenters. The van der Waals surface area contributed by atoms with Gasteiger partial charge in [0, 0.05) is 64.5 Å². The molecule has 9 heteroatoms. The summed E-state index contributed by atoms with van der Waals surface area (Å²) in [4.78, 5) is 33.4. The number of fused-ring (bicyclic) bond motifs is 4. The Bertz CT molecular complexity index is 2050. The van der Waals surface area contributed by atoms with Crippen LogP contribution < -0.4 is 11.1 Å². The van der Waals surface area contributed by atoms with Gasteiger partial charge >= 0.3 is 0 Å². The Morgan fingerprint density at radius 2 is 1.72 bits per heavy atom. The van der Waals surface area contributed by atoms with Crippen LogP contribution in [0.2, 0.25) is 0 Å². The van der Waals surface area contributed by atoms with Gasteiger partial charge in [0.25, 0.3) is 11.8 Å². The number of aromatic amines is 1. The van der Waals surface area contributed by atoms with Gasteiger partial charge in [0.05, 0.1) is 17.3 Å². The highest BCUT2D eigenvalue weighted by Crippen LogP contribution is 2.40. The van der Waals surface area contributed by atoms with Crippen molar-refractivity contribution in [2.24, 2.45) is 5.73 Å². The van der Waals surface area contributed by atoms with Crippen molar-refractivity contribution < 1.29 is 9.59 Å². The first-order valence-electron chi connectivity index (χ1n) is 14.3. The first-order valence-corrected chi connectivity index (χ1v) is 14.3. The molecule has 0 bridgehead atoms. The number of aromatic nitrogens is 3. The number of likely N-dealkylation sites (N-methyl/N-ethyl adjacent to an activating group) is 1. The summed E-state index contributed by atoms with van der Waals surface area (Å²) >= 11 is 0.